The molecular weight excluding hydrogens is 296 g/mol. The fourth-order valence-electron chi connectivity index (χ4n) is 2.51. The summed E-state index contributed by atoms with van der Waals surface area (Å²) in [6, 6.07) is 10.7. The van der Waals surface area contributed by atoms with Gasteiger partial charge in [-0.3, -0.25) is 4.79 Å². The Balaban J connectivity index is 1.72. The Labute approximate surface area is 133 Å². The minimum Gasteiger partial charge on any atom is -0.493 e. The molecule has 0 radical (unpaired) electrons. The molecule has 3 aromatic rings. The monoisotopic (exact) mass is 314 g/mol. The lowest BCUT2D eigenvalue weighted by molar-refractivity contribution is 0.0887. The van der Waals surface area contributed by atoms with Crippen LogP contribution in [0.15, 0.2) is 47.0 Å². The second kappa shape index (κ2) is 6.18. The quantitative estimate of drug-likeness (QED) is 0.757. The van der Waals surface area contributed by atoms with Crippen molar-refractivity contribution in [2.24, 2.45) is 7.05 Å². The molecule has 23 heavy (non-hydrogen) atoms. The van der Waals surface area contributed by atoms with Gasteiger partial charge in [0.15, 0.2) is 17.1 Å². The number of furan rings is 1. The number of aliphatic hydroxyl groups is 1. The molecule has 6 heteroatoms. The number of hydrogen-bond acceptors (Lipinski definition) is 4. The first-order chi connectivity index (χ1) is 11.1. The maximum Gasteiger partial charge on any atom is 0.287 e. The minimum atomic E-state index is -0.780. The summed E-state index contributed by atoms with van der Waals surface area (Å²) >= 11 is 0. The van der Waals surface area contributed by atoms with Gasteiger partial charge in [0.2, 0.25) is 0 Å². The highest BCUT2D eigenvalue weighted by Gasteiger charge is 2.17. The first-order valence-corrected chi connectivity index (χ1v) is 7.24. The summed E-state index contributed by atoms with van der Waals surface area (Å²) in [5, 5.41) is 13.6. The van der Waals surface area contributed by atoms with Gasteiger partial charge in [-0.15, -0.1) is 0 Å². The first-order valence-electron chi connectivity index (χ1n) is 7.24. The Morgan fingerprint density at radius 2 is 2.22 bits per heavy atom. The summed E-state index contributed by atoms with van der Waals surface area (Å²) in [5.41, 5.74) is 1.26. The topological polar surface area (TPSA) is 76.6 Å². The molecule has 2 N–H and O–H groups in total. The van der Waals surface area contributed by atoms with Crippen molar-refractivity contribution in [1.82, 2.24) is 9.88 Å². The van der Waals surface area contributed by atoms with Gasteiger partial charge in [-0.05, 0) is 24.3 Å². The zero-order valence-corrected chi connectivity index (χ0v) is 12.9. The molecule has 2 aromatic heterocycles. The smallest absolute Gasteiger partial charge is 0.287 e. The number of methoxy groups -OCH3 is 1. The van der Waals surface area contributed by atoms with Crippen molar-refractivity contribution in [2.45, 2.75) is 6.10 Å². The third-order valence-corrected chi connectivity index (χ3v) is 3.73. The maximum atomic E-state index is 12.2. The van der Waals surface area contributed by atoms with Crippen LogP contribution in [0, 0.1) is 0 Å². The van der Waals surface area contributed by atoms with Crippen molar-refractivity contribution in [1.29, 1.82) is 0 Å². The summed E-state index contributed by atoms with van der Waals surface area (Å²) in [6.45, 7) is 0.102. The van der Waals surface area contributed by atoms with Crippen LogP contribution in [-0.2, 0) is 7.05 Å². The highest BCUT2D eigenvalue weighted by atomic mass is 16.5. The Hall–Kier alpha value is -2.73. The van der Waals surface area contributed by atoms with E-state index in [1.165, 1.54) is 0 Å². The van der Waals surface area contributed by atoms with Crippen molar-refractivity contribution in [2.75, 3.05) is 13.7 Å². The average molecular weight is 314 g/mol. The molecule has 0 unspecified atom stereocenters. The van der Waals surface area contributed by atoms with E-state index < -0.39 is 6.10 Å². The van der Waals surface area contributed by atoms with Crippen molar-refractivity contribution in [3.63, 3.8) is 0 Å². The van der Waals surface area contributed by atoms with E-state index in [1.54, 1.807) is 19.2 Å². The molecular formula is C17H18N2O4. The number of aromatic nitrogens is 1. The van der Waals surface area contributed by atoms with Gasteiger partial charge >= 0.3 is 0 Å². The number of amides is 1. The van der Waals surface area contributed by atoms with Crippen molar-refractivity contribution in [3.8, 4) is 5.75 Å². The van der Waals surface area contributed by atoms with Crippen LogP contribution in [-0.4, -0.2) is 29.2 Å². The summed E-state index contributed by atoms with van der Waals surface area (Å²) in [4.78, 5) is 12.2. The third-order valence-electron chi connectivity index (χ3n) is 3.73. The molecule has 0 spiro atoms. The predicted molar refractivity (Wildman–Crippen MR) is 85.5 cm³/mol. The molecule has 2 heterocycles. The molecule has 120 valence electrons. The van der Waals surface area contributed by atoms with Crippen LogP contribution >= 0.6 is 0 Å². The Morgan fingerprint density at radius 3 is 2.91 bits per heavy atom. The molecule has 6 nitrogen and oxygen atoms in total. The van der Waals surface area contributed by atoms with Crippen LogP contribution in [0.2, 0.25) is 0 Å². The number of fused-ring (bicyclic) bond motifs is 1. The van der Waals surface area contributed by atoms with Gasteiger partial charge in [-0.1, -0.05) is 12.1 Å². The predicted octanol–water partition coefficient (Wildman–Crippen LogP) is 2.24. The zero-order valence-electron chi connectivity index (χ0n) is 12.9. The Morgan fingerprint density at radius 1 is 1.39 bits per heavy atom. The molecule has 0 aliphatic carbocycles. The molecule has 0 saturated heterocycles. The van der Waals surface area contributed by atoms with Crippen LogP contribution in [0.1, 0.15) is 22.4 Å². The fraction of sp³-hybridized carbons (Fsp3) is 0.235. The largest absolute Gasteiger partial charge is 0.493 e. The first kappa shape index (κ1) is 15.2. The van der Waals surface area contributed by atoms with Gasteiger partial charge in [0, 0.05) is 30.9 Å². The summed E-state index contributed by atoms with van der Waals surface area (Å²) in [5.74, 6) is 0.380. The van der Waals surface area contributed by atoms with Crippen LogP contribution in [0.5, 0.6) is 5.75 Å². The number of rotatable bonds is 5. The molecule has 0 bridgehead atoms. The third kappa shape index (κ3) is 2.93. The molecule has 0 aliphatic rings. The number of carbonyl (C=O) groups is 1. The highest BCUT2D eigenvalue weighted by Crippen LogP contribution is 2.28. The van der Waals surface area contributed by atoms with E-state index >= 15 is 0 Å². The second-order valence-electron chi connectivity index (χ2n) is 5.26. The van der Waals surface area contributed by atoms with E-state index in [1.807, 2.05) is 42.1 Å². The van der Waals surface area contributed by atoms with E-state index in [-0.39, 0.29) is 18.2 Å². The second-order valence-corrected chi connectivity index (χ2v) is 5.26. The number of carbonyl (C=O) groups excluding carboxylic acids is 1. The summed E-state index contributed by atoms with van der Waals surface area (Å²) < 4.78 is 12.6. The van der Waals surface area contributed by atoms with Gasteiger partial charge in [0.25, 0.3) is 5.91 Å². The number of aryl methyl sites for hydroxylation is 1. The van der Waals surface area contributed by atoms with E-state index in [2.05, 4.69) is 5.32 Å². The van der Waals surface area contributed by atoms with E-state index in [0.717, 1.165) is 11.1 Å². The van der Waals surface area contributed by atoms with E-state index in [0.29, 0.717) is 11.3 Å². The lowest BCUT2D eigenvalue weighted by atomic mass is 10.2. The number of para-hydroxylation sites is 1. The Bertz CT molecular complexity index is 834. The van der Waals surface area contributed by atoms with Crippen LogP contribution in [0.3, 0.4) is 0 Å². The lowest BCUT2D eigenvalue weighted by Gasteiger charge is -2.12. The van der Waals surface area contributed by atoms with Crippen LogP contribution < -0.4 is 10.1 Å². The van der Waals surface area contributed by atoms with Gasteiger partial charge < -0.3 is 24.1 Å². The summed E-state index contributed by atoms with van der Waals surface area (Å²) in [7, 11) is 3.39. The van der Waals surface area contributed by atoms with Crippen molar-refractivity contribution >= 4 is 16.9 Å². The standard InChI is InChI=1S/C17H18N2O4/c1-19-8-4-6-12(19)13(20)10-18-17(21)15-9-11-5-3-7-14(22-2)16(11)23-15/h3-9,13,20H,10H2,1-2H3,(H,18,21)/t13-/m0/s1. The normalized spacial score (nSPS) is 12.3. The maximum absolute atomic E-state index is 12.2. The lowest BCUT2D eigenvalue weighted by Crippen LogP contribution is -2.28. The van der Waals surface area contributed by atoms with Gasteiger partial charge in [0.05, 0.1) is 7.11 Å². The van der Waals surface area contributed by atoms with Gasteiger partial charge in [-0.25, -0.2) is 0 Å². The molecule has 0 fully saturated rings. The van der Waals surface area contributed by atoms with Crippen LogP contribution in [0.4, 0.5) is 0 Å². The molecule has 1 aromatic carbocycles. The van der Waals surface area contributed by atoms with Gasteiger partial charge in [-0.2, -0.15) is 0 Å². The molecule has 0 saturated carbocycles. The number of benzene rings is 1. The SMILES string of the molecule is COc1cccc2cc(C(=O)NC[C@H](O)c3cccn3C)oc12. The van der Waals surface area contributed by atoms with E-state index in [9.17, 15) is 9.90 Å². The Kier molecular flexibility index (Phi) is 4.08. The minimum absolute atomic E-state index is 0.102. The van der Waals surface area contributed by atoms with Gasteiger partial charge in [0.1, 0.15) is 6.10 Å². The number of ether oxygens (including phenoxy) is 1. The molecule has 1 atom stereocenters. The number of hydrogen-bond donors (Lipinski definition) is 2. The fourth-order valence-corrected chi connectivity index (χ4v) is 2.51. The number of nitrogens with one attached hydrogen (secondary N) is 1. The number of nitrogens with zero attached hydrogens (tertiary/aromatic N) is 1. The number of aliphatic hydroxyl groups excluding tert-OH is 1. The summed E-state index contributed by atoms with van der Waals surface area (Å²) in [6.07, 6.45) is 1.06. The highest BCUT2D eigenvalue weighted by molar-refractivity contribution is 5.97. The molecule has 1 amide bonds. The van der Waals surface area contributed by atoms with E-state index in [4.69, 9.17) is 9.15 Å². The average Bonchev–Trinajstić information content (AvgIpc) is 3.17. The zero-order chi connectivity index (χ0) is 16.4. The van der Waals surface area contributed by atoms with Crippen molar-refractivity contribution < 1.29 is 19.1 Å². The molecule has 3 rings (SSSR count). The van der Waals surface area contributed by atoms with Crippen LogP contribution in [0.25, 0.3) is 11.0 Å². The van der Waals surface area contributed by atoms with Crippen molar-refractivity contribution in [3.05, 3.63) is 54.0 Å². The molecule has 0 aliphatic heterocycles.